The number of carbonyl (C=O) groups is 1. The van der Waals surface area contributed by atoms with Gasteiger partial charge in [-0.2, -0.15) is 0 Å². The minimum atomic E-state index is 0. The normalized spacial score (nSPS) is 10.9. The molecule has 0 heterocycles. The topological polar surface area (TPSA) is 75.2 Å². The van der Waals surface area contributed by atoms with E-state index in [1.165, 1.54) is 0 Å². The van der Waals surface area contributed by atoms with Crippen LogP contribution in [0.3, 0.4) is 0 Å². The molecular formula is C22H39IN4O3. The van der Waals surface area contributed by atoms with Crippen LogP contribution in [0, 0.1) is 6.92 Å². The maximum atomic E-state index is 12.1. The second-order valence-corrected chi connectivity index (χ2v) is 6.74. The summed E-state index contributed by atoms with van der Waals surface area (Å²) in [6.07, 6.45) is 1.29. The third-order valence-corrected chi connectivity index (χ3v) is 4.47. The van der Waals surface area contributed by atoms with Crippen molar-refractivity contribution in [3.8, 4) is 5.75 Å². The predicted molar refractivity (Wildman–Crippen MR) is 134 cm³/mol. The third kappa shape index (κ3) is 11.0. The van der Waals surface area contributed by atoms with Gasteiger partial charge in [0, 0.05) is 58.3 Å². The summed E-state index contributed by atoms with van der Waals surface area (Å²) < 4.78 is 11.0. The lowest BCUT2D eigenvalue weighted by molar-refractivity contribution is -0.130. The molecule has 172 valence electrons. The van der Waals surface area contributed by atoms with E-state index >= 15 is 0 Å². The summed E-state index contributed by atoms with van der Waals surface area (Å²) >= 11 is 0. The van der Waals surface area contributed by atoms with E-state index in [1.54, 1.807) is 7.11 Å². The Bertz CT molecular complexity index is 637. The molecule has 0 aliphatic carbocycles. The fourth-order valence-corrected chi connectivity index (χ4v) is 2.84. The van der Waals surface area contributed by atoms with Crippen molar-refractivity contribution in [2.75, 3.05) is 46.5 Å². The maximum Gasteiger partial charge on any atom is 0.224 e. The number of rotatable bonds is 13. The maximum absolute atomic E-state index is 12.1. The number of methoxy groups -OCH3 is 1. The van der Waals surface area contributed by atoms with Crippen molar-refractivity contribution in [1.29, 1.82) is 0 Å². The van der Waals surface area contributed by atoms with Crippen LogP contribution in [0.2, 0.25) is 0 Å². The number of halogens is 1. The van der Waals surface area contributed by atoms with Crippen LogP contribution in [0.1, 0.15) is 44.7 Å². The fourth-order valence-electron chi connectivity index (χ4n) is 2.84. The lowest BCUT2D eigenvalue weighted by Crippen LogP contribution is -2.40. The van der Waals surface area contributed by atoms with Crippen LogP contribution in [0.25, 0.3) is 0 Å². The van der Waals surface area contributed by atoms with Crippen LogP contribution < -0.4 is 15.4 Å². The molecule has 0 radical (unpaired) electrons. The van der Waals surface area contributed by atoms with Crippen molar-refractivity contribution in [2.45, 2.75) is 47.1 Å². The number of amides is 1. The first-order valence-corrected chi connectivity index (χ1v) is 10.6. The number of nitrogens with one attached hydrogen (secondary N) is 2. The van der Waals surface area contributed by atoms with Crippen LogP contribution in [-0.4, -0.2) is 63.3 Å². The predicted octanol–water partition coefficient (Wildman–Crippen LogP) is 3.34. The van der Waals surface area contributed by atoms with Crippen molar-refractivity contribution >= 4 is 35.8 Å². The number of benzene rings is 1. The molecule has 0 fully saturated rings. The van der Waals surface area contributed by atoms with Gasteiger partial charge in [-0.05, 0) is 39.3 Å². The highest BCUT2D eigenvalue weighted by Gasteiger charge is 2.09. The summed E-state index contributed by atoms with van der Waals surface area (Å²) in [4.78, 5) is 18.7. The molecule has 0 aromatic heterocycles. The standard InChI is InChI=1S/C22H38N4O3.HI/c1-6-23-22(24-13-12-21(27)26(7-2)8-3)25-17-19-11-10-18(4)16-20(19)29-15-9-14-28-5;/h10-11,16H,6-9,12-15,17H2,1-5H3,(H2,23,24,25);1H. The number of nitrogens with zero attached hydrogens (tertiary/aromatic N) is 2. The zero-order chi connectivity index (χ0) is 21.5. The zero-order valence-electron chi connectivity index (χ0n) is 19.1. The van der Waals surface area contributed by atoms with Gasteiger partial charge < -0.3 is 25.0 Å². The molecule has 2 N–H and O–H groups in total. The molecular weight excluding hydrogens is 495 g/mol. The summed E-state index contributed by atoms with van der Waals surface area (Å²) in [6.45, 7) is 12.6. The Kier molecular flexibility index (Phi) is 16.3. The van der Waals surface area contributed by atoms with E-state index in [-0.39, 0.29) is 29.9 Å². The van der Waals surface area contributed by atoms with Gasteiger partial charge in [0.2, 0.25) is 5.91 Å². The minimum absolute atomic E-state index is 0. The van der Waals surface area contributed by atoms with Crippen LogP contribution in [-0.2, 0) is 16.1 Å². The second kappa shape index (κ2) is 17.2. The summed E-state index contributed by atoms with van der Waals surface area (Å²) in [5, 5.41) is 6.48. The second-order valence-electron chi connectivity index (χ2n) is 6.74. The largest absolute Gasteiger partial charge is 0.493 e. The molecule has 0 unspecified atom stereocenters. The molecule has 30 heavy (non-hydrogen) atoms. The molecule has 0 saturated heterocycles. The molecule has 7 nitrogen and oxygen atoms in total. The number of ether oxygens (including phenoxy) is 2. The molecule has 8 heteroatoms. The zero-order valence-corrected chi connectivity index (χ0v) is 21.5. The Hall–Kier alpha value is -1.55. The van der Waals surface area contributed by atoms with Crippen molar-refractivity contribution in [3.63, 3.8) is 0 Å². The van der Waals surface area contributed by atoms with E-state index in [0.717, 1.165) is 42.9 Å². The Morgan fingerprint density at radius 2 is 1.87 bits per heavy atom. The monoisotopic (exact) mass is 534 g/mol. The third-order valence-electron chi connectivity index (χ3n) is 4.47. The Balaban J connectivity index is 0.00000841. The van der Waals surface area contributed by atoms with E-state index in [0.29, 0.717) is 38.7 Å². The van der Waals surface area contributed by atoms with Gasteiger partial charge in [-0.15, -0.1) is 24.0 Å². The molecule has 1 rings (SSSR count). The van der Waals surface area contributed by atoms with Gasteiger partial charge in [0.05, 0.1) is 13.2 Å². The lowest BCUT2D eigenvalue weighted by Gasteiger charge is -2.19. The highest BCUT2D eigenvalue weighted by Crippen LogP contribution is 2.21. The number of aliphatic imine (C=N–C) groups is 1. The Labute approximate surface area is 199 Å². The number of hydrogen-bond donors (Lipinski definition) is 2. The van der Waals surface area contributed by atoms with E-state index in [4.69, 9.17) is 9.47 Å². The van der Waals surface area contributed by atoms with Crippen LogP contribution in [0.5, 0.6) is 5.75 Å². The Morgan fingerprint density at radius 1 is 1.13 bits per heavy atom. The highest BCUT2D eigenvalue weighted by molar-refractivity contribution is 14.0. The smallest absolute Gasteiger partial charge is 0.224 e. The molecule has 0 aliphatic rings. The molecule has 1 amide bonds. The number of carbonyl (C=O) groups excluding carboxylic acids is 1. The molecule has 0 atom stereocenters. The van der Waals surface area contributed by atoms with Gasteiger partial charge in [-0.25, -0.2) is 4.99 Å². The number of guanidine groups is 1. The van der Waals surface area contributed by atoms with Gasteiger partial charge in [-0.1, -0.05) is 12.1 Å². The van der Waals surface area contributed by atoms with Gasteiger partial charge in [0.15, 0.2) is 5.96 Å². The number of aryl methyl sites for hydroxylation is 1. The fraction of sp³-hybridized carbons (Fsp3) is 0.636. The molecule has 0 spiro atoms. The van der Waals surface area contributed by atoms with Crippen LogP contribution >= 0.6 is 24.0 Å². The van der Waals surface area contributed by atoms with E-state index in [1.807, 2.05) is 38.7 Å². The van der Waals surface area contributed by atoms with Crippen molar-refractivity contribution in [3.05, 3.63) is 29.3 Å². The molecule has 0 saturated carbocycles. The average molecular weight is 534 g/mol. The van der Waals surface area contributed by atoms with E-state index in [9.17, 15) is 4.79 Å². The first-order valence-electron chi connectivity index (χ1n) is 10.6. The Morgan fingerprint density at radius 3 is 2.50 bits per heavy atom. The van der Waals surface area contributed by atoms with Crippen LogP contribution in [0.15, 0.2) is 23.2 Å². The van der Waals surface area contributed by atoms with Crippen LogP contribution in [0.4, 0.5) is 0 Å². The quantitative estimate of drug-likeness (QED) is 0.176. The minimum Gasteiger partial charge on any atom is -0.493 e. The van der Waals surface area contributed by atoms with Gasteiger partial charge in [0.1, 0.15) is 5.75 Å². The average Bonchev–Trinajstić information content (AvgIpc) is 2.71. The molecule has 1 aromatic carbocycles. The first kappa shape index (κ1) is 28.5. The van der Waals surface area contributed by atoms with E-state index in [2.05, 4.69) is 27.8 Å². The van der Waals surface area contributed by atoms with Crippen molar-refractivity contribution in [1.82, 2.24) is 15.5 Å². The molecule has 0 aliphatic heterocycles. The highest BCUT2D eigenvalue weighted by atomic mass is 127. The number of hydrogen-bond acceptors (Lipinski definition) is 4. The SMILES string of the molecule is CCNC(=NCc1ccc(C)cc1OCCCOC)NCCC(=O)N(CC)CC.I. The van der Waals surface area contributed by atoms with Gasteiger partial charge in [0.25, 0.3) is 0 Å². The molecule has 0 bridgehead atoms. The summed E-state index contributed by atoms with van der Waals surface area (Å²) in [5.74, 6) is 1.71. The summed E-state index contributed by atoms with van der Waals surface area (Å²) in [7, 11) is 1.69. The molecule has 1 aromatic rings. The lowest BCUT2D eigenvalue weighted by atomic mass is 10.1. The summed E-state index contributed by atoms with van der Waals surface area (Å²) in [6, 6.07) is 6.16. The van der Waals surface area contributed by atoms with Gasteiger partial charge in [-0.3, -0.25) is 4.79 Å². The van der Waals surface area contributed by atoms with Gasteiger partial charge >= 0.3 is 0 Å². The van der Waals surface area contributed by atoms with E-state index < -0.39 is 0 Å². The summed E-state index contributed by atoms with van der Waals surface area (Å²) in [5.41, 5.74) is 2.18. The van der Waals surface area contributed by atoms with Crippen molar-refractivity contribution < 1.29 is 14.3 Å². The van der Waals surface area contributed by atoms with Crippen molar-refractivity contribution in [2.24, 2.45) is 4.99 Å². The first-order chi connectivity index (χ1) is 14.0.